The second kappa shape index (κ2) is 4.96. The zero-order valence-electron chi connectivity index (χ0n) is 10.8. The molecule has 0 fully saturated rings. The Morgan fingerprint density at radius 3 is 2.33 bits per heavy atom. The van der Waals surface area contributed by atoms with Crippen LogP contribution in [0.3, 0.4) is 0 Å². The Kier molecular flexibility index (Phi) is 3.37. The Labute approximate surface area is 107 Å². The molecule has 0 spiro atoms. The Bertz CT molecular complexity index is 555. The molecule has 2 rings (SSSR count). The van der Waals surface area contributed by atoms with Gasteiger partial charge in [0.1, 0.15) is 5.69 Å². The van der Waals surface area contributed by atoms with Crippen molar-refractivity contribution in [2.45, 2.75) is 0 Å². The van der Waals surface area contributed by atoms with E-state index in [4.69, 9.17) is 0 Å². The van der Waals surface area contributed by atoms with Crippen molar-refractivity contribution >= 4 is 11.6 Å². The van der Waals surface area contributed by atoms with Gasteiger partial charge in [-0.05, 0) is 23.8 Å². The molecule has 1 aromatic carbocycles. The van der Waals surface area contributed by atoms with E-state index < -0.39 is 0 Å². The van der Waals surface area contributed by atoms with Crippen LogP contribution >= 0.6 is 0 Å². The molecule has 4 nitrogen and oxygen atoms in total. The summed E-state index contributed by atoms with van der Waals surface area (Å²) in [5.74, 6) is -0.0735. The smallest absolute Gasteiger partial charge is 0.267 e. The van der Waals surface area contributed by atoms with Gasteiger partial charge in [-0.2, -0.15) is 0 Å². The van der Waals surface area contributed by atoms with Crippen LogP contribution in [0.1, 0.15) is 10.5 Å². The summed E-state index contributed by atoms with van der Waals surface area (Å²) in [6.07, 6.45) is 1.96. The molecule has 4 heteroatoms. The highest BCUT2D eigenvalue weighted by atomic mass is 16.1. The van der Waals surface area contributed by atoms with Gasteiger partial charge in [0, 0.05) is 38.6 Å². The fourth-order valence-electron chi connectivity index (χ4n) is 1.91. The van der Waals surface area contributed by atoms with Crippen LogP contribution in [-0.2, 0) is 7.05 Å². The Morgan fingerprint density at radius 2 is 1.78 bits per heavy atom. The lowest BCUT2D eigenvalue weighted by molar-refractivity contribution is 0.0955. The maximum atomic E-state index is 11.6. The van der Waals surface area contributed by atoms with E-state index in [1.54, 1.807) is 7.05 Å². The van der Waals surface area contributed by atoms with Crippen molar-refractivity contribution < 1.29 is 4.79 Å². The van der Waals surface area contributed by atoms with Crippen LogP contribution in [0.2, 0.25) is 0 Å². The predicted molar refractivity (Wildman–Crippen MR) is 73.8 cm³/mol. The van der Waals surface area contributed by atoms with Crippen LogP contribution in [0, 0.1) is 0 Å². The first-order valence-electron chi connectivity index (χ1n) is 5.82. The van der Waals surface area contributed by atoms with Crippen molar-refractivity contribution in [2.24, 2.45) is 7.05 Å². The number of benzene rings is 1. The van der Waals surface area contributed by atoms with Gasteiger partial charge in [-0.3, -0.25) is 4.79 Å². The molecule has 1 aromatic heterocycles. The molecular weight excluding hydrogens is 226 g/mol. The van der Waals surface area contributed by atoms with Gasteiger partial charge in [-0.25, -0.2) is 0 Å². The summed E-state index contributed by atoms with van der Waals surface area (Å²) in [4.78, 5) is 11.6. The number of aryl methyl sites for hydroxylation is 1. The Balaban J connectivity index is 2.36. The monoisotopic (exact) mass is 243 g/mol. The van der Waals surface area contributed by atoms with E-state index in [9.17, 15) is 4.79 Å². The van der Waals surface area contributed by atoms with E-state index in [0.29, 0.717) is 5.69 Å². The highest BCUT2D eigenvalue weighted by Gasteiger charge is 2.10. The highest BCUT2D eigenvalue weighted by molar-refractivity contribution is 5.94. The van der Waals surface area contributed by atoms with Gasteiger partial charge in [-0.15, -0.1) is 0 Å². The molecule has 0 aliphatic rings. The number of carbonyl (C=O) groups excluding carboxylic acids is 1. The van der Waals surface area contributed by atoms with Gasteiger partial charge in [0.15, 0.2) is 0 Å². The number of hydrogen-bond acceptors (Lipinski definition) is 2. The van der Waals surface area contributed by atoms with Crippen molar-refractivity contribution in [1.82, 2.24) is 9.88 Å². The van der Waals surface area contributed by atoms with E-state index in [-0.39, 0.29) is 5.91 Å². The molecule has 0 saturated carbocycles. The van der Waals surface area contributed by atoms with Crippen LogP contribution in [0.4, 0.5) is 5.69 Å². The summed E-state index contributed by atoms with van der Waals surface area (Å²) >= 11 is 0. The number of anilines is 1. The number of amides is 1. The van der Waals surface area contributed by atoms with Gasteiger partial charge < -0.3 is 15.2 Å². The van der Waals surface area contributed by atoms with Crippen molar-refractivity contribution in [1.29, 1.82) is 0 Å². The lowest BCUT2D eigenvalue weighted by Crippen LogP contribution is -2.20. The maximum Gasteiger partial charge on any atom is 0.267 e. The molecule has 0 unspecified atom stereocenters. The van der Waals surface area contributed by atoms with Gasteiger partial charge in [0.2, 0.25) is 0 Å². The van der Waals surface area contributed by atoms with Crippen LogP contribution in [0.5, 0.6) is 0 Å². The van der Waals surface area contributed by atoms with Crippen molar-refractivity contribution in [3.05, 3.63) is 42.2 Å². The van der Waals surface area contributed by atoms with E-state index in [1.807, 2.05) is 55.2 Å². The van der Waals surface area contributed by atoms with Crippen LogP contribution in [-0.4, -0.2) is 24.6 Å². The third-order valence-electron chi connectivity index (χ3n) is 2.97. The molecule has 2 aromatic rings. The van der Waals surface area contributed by atoms with Gasteiger partial charge in [0.05, 0.1) is 0 Å². The zero-order valence-corrected chi connectivity index (χ0v) is 10.8. The minimum absolute atomic E-state index is 0.0735. The summed E-state index contributed by atoms with van der Waals surface area (Å²) in [6.45, 7) is 0. The van der Waals surface area contributed by atoms with Crippen LogP contribution in [0.25, 0.3) is 11.1 Å². The van der Waals surface area contributed by atoms with E-state index in [0.717, 1.165) is 16.8 Å². The fourth-order valence-corrected chi connectivity index (χ4v) is 1.91. The molecule has 0 saturated heterocycles. The third kappa shape index (κ3) is 2.22. The molecule has 0 aliphatic carbocycles. The molecular formula is C14H17N3O. The fraction of sp³-hybridized carbons (Fsp3) is 0.214. The number of nitrogens with one attached hydrogen (secondary N) is 2. The molecule has 18 heavy (non-hydrogen) atoms. The minimum atomic E-state index is -0.0735. The van der Waals surface area contributed by atoms with Crippen molar-refractivity contribution in [3.63, 3.8) is 0 Å². The second-order valence-corrected chi connectivity index (χ2v) is 4.13. The highest BCUT2D eigenvalue weighted by Crippen LogP contribution is 2.23. The molecule has 0 atom stereocenters. The first-order valence-corrected chi connectivity index (χ1v) is 5.82. The average molecular weight is 243 g/mol. The zero-order chi connectivity index (χ0) is 13.1. The van der Waals surface area contributed by atoms with Gasteiger partial charge >= 0.3 is 0 Å². The van der Waals surface area contributed by atoms with E-state index >= 15 is 0 Å². The molecule has 1 amide bonds. The van der Waals surface area contributed by atoms with Crippen molar-refractivity contribution in [2.75, 3.05) is 19.4 Å². The number of aromatic nitrogens is 1. The first kappa shape index (κ1) is 12.2. The van der Waals surface area contributed by atoms with E-state index in [2.05, 4.69) is 10.6 Å². The SMILES string of the molecule is CNC(=O)c1cc(-c2ccc(NC)cc2)cn1C. The van der Waals surface area contributed by atoms with Gasteiger partial charge in [-0.1, -0.05) is 12.1 Å². The normalized spacial score (nSPS) is 10.2. The number of nitrogens with zero attached hydrogens (tertiary/aromatic N) is 1. The Hall–Kier alpha value is -2.23. The molecule has 0 radical (unpaired) electrons. The molecule has 0 bridgehead atoms. The summed E-state index contributed by atoms with van der Waals surface area (Å²) in [7, 11) is 5.40. The second-order valence-electron chi connectivity index (χ2n) is 4.13. The topological polar surface area (TPSA) is 46.1 Å². The predicted octanol–water partition coefficient (Wildman–Crippen LogP) is 2.09. The average Bonchev–Trinajstić information content (AvgIpc) is 2.80. The van der Waals surface area contributed by atoms with Crippen molar-refractivity contribution in [3.8, 4) is 11.1 Å². The molecule has 94 valence electrons. The third-order valence-corrected chi connectivity index (χ3v) is 2.97. The molecule has 2 N–H and O–H groups in total. The number of carbonyl (C=O) groups is 1. The summed E-state index contributed by atoms with van der Waals surface area (Å²) in [5, 5.41) is 5.72. The largest absolute Gasteiger partial charge is 0.388 e. The number of rotatable bonds is 3. The lowest BCUT2D eigenvalue weighted by Gasteiger charge is -2.01. The standard InChI is InChI=1S/C14H17N3O/c1-15-12-6-4-10(5-7-12)11-8-13(14(18)16-2)17(3)9-11/h4-9,15H,1-3H3,(H,16,18). The molecule has 1 heterocycles. The summed E-state index contributed by atoms with van der Waals surface area (Å²) < 4.78 is 1.83. The quantitative estimate of drug-likeness (QED) is 0.867. The van der Waals surface area contributed by atoms with Gasteiger partial charge in [0.25, 0.3) is 5.91 Å². The molecule has 0 aliphatic heterocycles. The summed E-state index contributed by atoms with van der Waals surface area (Å²) in [5.41, 5.74) is 3.87. The first-order chi connectivity index (χ1) is 8.65. The minimum Gasteiger partial charge on any atom is -0.388 e. The van der Waals surface area contributed by atoms with E-state index in [1.165, 1.54) is 0 Å². The maximum absolute atomic E-state index is 11.6. The van der Waals surface area contributed by atoms with Crippen LogP contribution in [0.15, 0.2) is 36.5 Å². The Morgan fingerprint density at radius 1 is 1.11 bits per heavy atom. The summed E-state index contributed by atoms with van der Waals surface area (Å²) in [6, 6.07) is 10.0. The lowest BCUT2D eigenvalue weighted by atomic mass is 10.1. The van der Waals surface area contributed by atoms with Crippen LogP contribution < -0.4 is 10.6 Å². The number of hydrogen-bond donors (Lipinski definition) is 2.